The molecule has 1 amide bonds. The van der Waals surface area contributed by atoms with Crippen molar-refractivity contribution in [2.24, 2.45) is 34.5 Å². The van der Waals surface area contributed by atoms with Gasteiger partial charge in [0.1, 0.15) is 5.82 Å². The summed E-state index contributed by atoms with van der Waals surface area (Å²) in [7, 11) is 2.01. The smallest absolute Gasteiger partial charge is 0.246 e. The second-order valence-electron chi connectivity index (χ2n) is 11.2. The van der Waals surface area contributed by atoms with Gasteiger partial charge in [0.2, 0.25) is 5.91 Å². The van der Waals surface area contributed by atoms with Crippen molar-refractivity contribution in [1.29, 1.82) is 0 Å². The Kier molecular flexibility index (Phi) is 4.19. The zero-order valence-corrected chi connectivity index (χ0v) is 19.0. The first-order valence-corrected chi connectivity index (χ1v) is 12.2. The minimum Gasteiger partial charge on any atom is -0.341 e. The number of pyridine rings is 1. The van der Waals surface area contributed by atoms with Gasteiger partial charge in [-0.2, -0.15) is 0 Å². The number of fused-ring (bicyclic) bond motifs is 6. The van der Waals surface area contributed by atoms with Crippen LogP contribution in [0.4, 0.5) is 0 Å². The molecule has 6 rings (SSSR count). The Morgan fingerprint density at radius 3 is 2.87 bits per heavy atom. The summed E-state index contributed by atoms with van der Waals surface area (Å²) < 4.78 is 0. The van der Waals surface area contributed by atoms with E-state index in [0.29, 0.717) is 23.3 Å². The molecule has 3 saturated carbocycles. The highest BCUT2D eigenvalue weighted by Crippen LogP contribution is 2.65. The number of aromatic nitrogens is 3. The fraction of sp³-hybridized carbons (Fsp3) is 0.654. The number of imidazole rings is 1. The highest BCUT2D eigenvalue weighted by atomic mass is 16.2. The predicted molar refractivity (Wildman–Crippen MR) is 121 cm³/mol. The van der Waals surface area contributed by atoms with Gasteiger partial charge in [-0.1, -0.05) is 19.9 Å². The predicted octanol–water partition coefficient (Wildman–Crippen LogP) is 4.76. The number of hydrogen-bond donors (Lipinski definition) is 1. The molecule has 0 spiro atoms. The van der Waals surface area contributed by atoms with Crippen LogP contribution in [0.3, 0.4) is 0 Å². The Hall–Kier alpha value is -2.17. The number of H-pyrrole nitrogens is 1. The average molecular weight is 419 g/mol. The number of nitrogens with one attached hydrogen (secondary N) is 1. The van der Waals surface area contributed by atoms with Crippen LogP contribution in [-0.2, 0) is 11.2 Å². The standard InChI is InChI=1S/C26H34N4O/c1-25-12-10-19-17(7-9-21-26(19,2)13-11-23(31)30(21)3)18(25)8-6-16(25)15-22-28-20-5-4-14-27-24(20)29-22/h4-5,11,13-14,16-19,21H,6-10,12,15H2,1-3H3,(H,27,28,29)/t16-,17?,18+,19?,21-,25-,26+/m1/s1. The first kappa shape index (κ1) is 19.5. The lowest BCUT2D eigenvalue weighted by atomic mass is 9.47. The molecule has 0 bridgehead atoms. The highest BCUT2D eigenvalue weighted by molar-refractivity contribution is 5.89. The molecule has 0 saturated heterocycles. The fourth-order valence-electron chi connectivity index (χ4n) is 8.41. The Balaban J connectivity index is 1.26. The molecule has 1 aliphatic heterocycles. The van der Waals surface area contributed by atoms with Gasteiger partial charge >= 0.3 is 0 Å². The molecule has 3 heterocycles. The molecule has 31 heavy (non-hydrogen) atoms. The Morgan fingerprint density at radius 1 is 1.16 bits per heavy atom. The molecule has 7 atom stereocenters. The van der Waals surface area contributed by atoms with E-state index in [1.807, 2.05) is 30.3 Å². The van der Waals surface area contributed by atoms with Crippen LogP contribution in [0.15, 0.2) is 30.5 Å². The number of amides is 1. The Bertz CT molecular complexity index is 1030. The van der Waals surface area contributed by atoms with Crippen molar-refractivity contribution >= 4 is 17.1 Å². The molecule has 3 fully saturated rings. The molecule has 2 unspecified atom stereocenters. The minimum atomic E-state index is 0.134. The van der Waals surface area contributed by atoms with Crippen molar-refractivity contribution in [3.8, 4) is 0 Å². The summed E-state index contributed by atoms with van der Waals surface area (Å²) in [6.07, 6.45) is 14.7. The summed E-state index contributed by atoms with van der Waals surface area (Å²) in [5, 5.41) is 0. The number of rotatable bonds is 2. The maximum absolute atomic E-state index is 12.3. The molecule has 1 N–H and O–H groups in total. The average Bonchev–Trinajstić information content (AvgIpc) is 3.32. The summed E-state index contributed by atoms with van der Waals surface area (Å²) >= 11 is 0. The zero-order valence-electron chi connectivity index (χ0n) is 19.0. The van der Waals surface area contributed by atoms with Crippen LogP contribution in [0.5, 0.6) is 0 Å². The van der Waals surface area contributed by atoms with Crippen LogP contribution in [0, 0.1) is 34.5 Å². The minimum absolute atomic E-state index is 0.134. The molecule has 5 heteroatoms. The molecule has 3 aliphatic carbocycles. The monoisotopic (exact) mass is 418 g/mol. The lowest BCUT2D eigenvalue weighted by molar-refractivity contribution is -0.138. The first-order chi connectivity index (χ1) is 14.9. The largest absolute Gasteiger partial charge is 0.341 e. The lowest BCUT2D eigenvalue weighted by Crippen LogP contribution is -2.59. The fourth-order valence-corrected chi connectivity index (χ4v) is 8.41. The van der Waals surface area contributed by atoms with Crippen molar-refractivity contribution in [1.82, 2.24) is 19.9 Å². The summed E-state index contributed by atoms with van der Waals surface area (Å²) in [5.74, 6) is 4.26. The first-order valence-electron chi connectivity index (χ1n) is 12.2. The van der Waals surface area contributed by atoms with Crippen molar-refractivity contribution < 1.29 is 4.79 Å². The second-order valence-corrected chi connectivity index (χ2v) is 11.2. The molecular weight excluding hydrogens is 384 g/mol. The highest BCUT2D eigenvalue weighted by Gasteiger charge is 2.60. The van der Waals surface area contributed by atoms with E-state index in [4.69, 9.17) is 4.98 Å². The second kappa shape index (κ2) is 6.66. The van der Waals surface area contributed by atoms with Gasteiger partial charge < -0.3 is 9.88 Å². The number of aromatic amines is 1. The van der Waals surface area contributed by atoms with Gasteiger partial charge in [0, 0.05) is 31.1 Å². The van der Waals surface area contributed by atoms with Crippen molar-refractivity contribution in [2.45, 2.75) is 64.8 Å². The van der Waals surface area contributed by atoms with Crippen LogP contribution in [0.2, 0.25) is 0 Å². The summed E-state index contributed by atoms with van der Waals surface area (Å²) in [6, 6.07) is 4.41. The van der Waals surface area contributed by atoms with E-state index >= 15 is 0 Å². The molecule has 2 aromatic rings. The number of hydrogen-bond acceptors (Lipinski definition) is 3. The third-order valence-electron chi connectivity index (χ3n) is 10.1. The van der Waals surface area contributed by atoms with E-state index in [1.165, 1.54) is 32.1 Å². The maximum Gasteiger partial charge on any atom is 0.246 e. The van der Waals surface area contributed by atoms with E-state index in [0.717, 1.165) is 41.7 Å². The van der Waals surface area contributed by atoms with Crippen LogP contribution in [0.25, 0.3) is 11.2 Å². The van der Waals surface area contributed by atoms with Crippen molar-refractivity contribution in [2.75, 3.05) is 7.05 Å². The van der Waals surface area contributed by atoms with Crippen molar-refractivity contribution in [3.63, 3.8) is 0 Å². The Labute approximate surface area is 184 Å². The van der Waals surface area contributed by atoms with Crippen molar-refractivity contribution in [3.05, 3.63) is 36.3 Å². The van der Waals surface area contributed by atoms with E-state index in [-0.39, 0.29) is 11.3 Å². The van der Waals surface area contributed by atoms with Gasteiger partial charge in [-0.25, -0.2) is 9.97 Å². The normalized spacial score (nSPS) is 41.8. The van der Waals surface area contributed by atoms with Gasteiger partial charge in [0.25, 0.3) is 0 Å². The molecule has 0 aromatic carbocycles. The van der Waals surface area contributed by atoms with Crippen LogP contribution in [-0.4, -0.2) is 38.8 Å². The van der Waals surface area contributed by atoms with Crippen LogP contribution in [0.1, 0.15) is 58.2 Å². The molecular formula is C26H34N4O. The van der Waals surface area contributed by atoms with Crippen LogP contribution >= 0.6 is 0 Å². The van der Waals surface area contributed by atoms with E-state index in [1.54, 1.807) is 0 Å². The zero-order chi connectivity index (χ0) is 21.4. The van der Waals surface area contributed by atoms with Gasteiger partial charge in [0.15, 0.2) is 5.65 Å². The summed E-state index contributed by atoms with van der Waals surface area (Å²) in [5.41, 5.74) is 2.43. The third kappa shape index (κ3) is 2.71. The van der Waals surface area contributed by atoms with E-state index in [9.17, 15) is 4.79 Å². The number of carbonyl (C=O) groups excluding carboxylic acids is 1. The molecule has 0 radical (unpaired) electrons. The summed E-state index contributed by atoms with van der Waals surface area (Å²) in [6.45, 7) is 5.01. The van der Waals surface area contributed by atoms with E-state index < -0.39 is 0 Å². The Morgan fingerprint density at radius 2 is 2.03 bits per heavy atom. The topological polar surface area (TPSA) is 61.9 Å². The molecule has 164 valence electrons. The maximum atomic E-state index is 12.3. The molecule has 5 nitrogen and oxygen atoms in total. The molecule has 2 aromatic heterocycles. The quantitative estimate of drug-likeness (QED) is 0.765. The van der Waals surface area contributed by atoms with Gasteiger partial charge in [0.05, 0.1) is 5.52 Å². The number of likely N-dealkylation sites (N-methyl/N-ethyl adjacent to an activating group) is 1. The lowest BCUT2D eigenvalue weighted by Gasteiger charge is -2.60. The van der Waals surface area contributed by atoms with Gasteiger partial charge in [-0.3, -0.25) is 4.79 Å². The van der Waals surface area contributed by atoms with E-state index in [2.05, 4.69) is 36.0 Å². The van der Waals surface area contributed by atoms with Gasteiger partial charge in [-0.05, 0) is 85.8 Å². The SMILES string of the molecule is CN1C(=O)C=C[C@@]2(C)C3CC[C@]4(C)[C@@H](Cc5nc6ncccc6[nH]5)CC[C@H]4C3CC[C@@H]12. The number of nitrogens with zero attached hydrogens (tertiary/aromatic N) is 3. The third-order valence-corrected chi connectivity index (χ3v) is 10.1. The number of carbonyl (C=O) groups is 1. The summed E-state index contributed by atoms with van der Waals surface area (Å²) in [4.78, 5) is 27.0. The van der Waals surface area contributed by atoms with Gasteiger partial charge in [-0.15, -0.1) is 0 Å². The van der Waals surface area contributed by atoms with Crippen LogP contribution < -0.4 is 0 Å². The molecule has 4 aliphatic rings.